The lowest BCUT2D eigenvalue weighted by Crippen LogP contribution is -2.42. The molecule has 0 aromatic heterocycles. The zero-order valence-electron chi connectivity index (χ0n) is 14.3. The summed E-state index contributed by atoms with van der Waals surface area (Å²) < 4.78 is 5.79. The third-order valence-corrected chi connectivity index (χ3v) is 5.00. The first-order chi connectivity index (χ1) is 12.6. The van der Waals surface area contributed by atoms with Gasteiger partial charge in [0.05, 0.1) is 18.2 Å². The second kappa shape index (κ2) is 6.71. The highest BCUT2D eigenvalue weighted by atomic mass is 16.5. The van der Waals surface area contributed by atoms with E-state index in [-0.39, 0.29) is 18.4 Å². The standard InChI is InChI=1S/C20H20N2O4/c23-19(16-8-9-21(13-16)20(24)25)22-10-11-26-18-12-15(6-7-17(18)22)14-4-2-1-3-5-14/h1-7,12,16H,8-11,13H2,(H,24,25)/t16-/m1/s1. The van der Waals surface area contributed by atoms with Crippen molar-refractivity contribution >= 4 is 17.7 Å². The van der Waals surface area contributed by atoms with Crippen molar-refractivity contribution in [1.82, 2.24) is 4.90 Å². The topological polar surface area (TPSA) is 70.1 Å². The Morgan fingerprint density at radius 1 is 1.04 bits per heavy atom. The zero-order valence-corrected chi connectivity index (χ0v) is 14.3. The molecule has 4 rings (SSSR count). The van der Waals surface area contributed by atoms with E-state index in [0.29, 0.717) is 31.9 Å². The van der Waals surface area contributed by atoms with Crippen LogP contribution >= 0.6 is 0 Å². The molecule has 6 heteroatoms. The van der Waals surface area contributed by atoms with Crippen LogP contribution in [0.2, 0.25) is 0 Å². The molecule has 1 atom stereocenters. The number of benzene rings is 2. The summed E-state index contributed by atoms with van der Waals surface area (Å²) in [6.07, 6.45) is -0.393. The van der Waals surface area contributed by atoms with Gasteiger partial charge in [-0.05, 0) is 29.7 Å². The van der Waals surface area contributed by atoms with Gasteiger partial charge in [-0.2, -0.15) is 0 Å². The van der Waals surface area contributed by atoms with Crippen LogP contribution in [0.3, 0.4) is 0 Å². The molecule has 1 saturated heterocycles. The van der Waals surface area contributed by atoms with Crippen molar-refractivity contribution in [3.8, 4) is 16.9 Å². The van der Waals surface area contributed by atoms with Crippen LogP contribution in [0.25, 0.3) is 11.1 Å². The molecule has 2 aliphatic heterocycles. The summed E-state index contributed by atoms with van der Waals surface area (Å²) in [4.78, 5) is 27.1. The van der Waals surface area contributed by atoms with Gasteiger partial charge < -0.3 is 19.6 Å². The smallest absolute Gasteiger partial charge is 0.407 e. The molecule has 1 N–H and O–H groups in total. The van der Waals surface area contributed by atoms with Crippen LogP contribution in [0, 0.1) is 5.92 Å². The van der Waals surface area contributed by atoms with Crippen LogP contribution in [-0.4, -0.2) is 48.2 Å². The lowest BCUT2D eigenvalue weighted by Gasteiger charge is -2.31. The van der Waals surface area contributed by atoms with E-state index >= 15 is 0 Å². The first-order valence-electron chi connectivity index (χ1n) is 8.75. The van der Waals surface area contributed by atoms with Crippen molar-refractivity contribution in [3.05, 3.63) is 48.5 Å². The van der Waals surface area contributed by atoms with Gasteiger partial charge in [0.1, 0.15) is 12.4 Å². The van der Waals surface area contributed by atoms with Gasteiger partial charge in [-0.3, -0.25) is 4.79 Å². The van der Waals surface area contributed by atoms with E-state index in [2.05, 4.69) is 0 Å². The molecule has 1 fully saturated rings. The van der Waals surface area contributed by atoms with Gasteiger partial charge in [-0.1, -0.05) is 36.4 Å². The van der Waals surface area contributed by atoms with Crippen LogP contribution in [0.1, 0.15) is 6.42 Å². The van der Waals surface area contributed by atoms with Crippen molar-refractivity contribution in [2.45, 2.75) is 6.42 Å². The van der Waals surface area contributed by atoms with Gasteiger partial charge in [0.25, 0.3) is 0 Å². The summed E-state index contributed by atoms with van der Waals surface area (Å²) in [7, 11) is 0. The quantitative estimate of drug-likeness (QED) is 0.902. The summed E-state index contributed by atoms with van der Waals surface area (Å²) in [6, 6.07) is 15.9. The normalized spacial score (nSPS) is 19.0. The fraction of sp³-hybridized carbons (Fsp3) is 0.300. The molecule has 0 aliphatic carbocycles. The summed E-state index contributed by atoms with van der Waals surface area (Å²) in [5, 5.41) is 9.10. The molecule has 134 valence electrons. The van der Waals surface area contributed by atoms with E-state index in [1.165, 1.54) is 4.90 Å². The van der Waals surface area contributed by atoms with E-state index in [1.54, 1.807) is 4.90 Å². The number of carboxylic acid groups (broad SMARTS) is 1. The van der Waals surface area contributed by atoms with Gasteiger partial charge in [0.15, 0.2) is 0 Å². The number of amides is 2. The number of rotatable bonds is 2. The maximum atomic E-state index is 12.9. The predicted molar refractivity (Wildman–Crippen MR) is 97.4 cm³/mol. The molecule has 6 nitrogen and oxygen atoms in total. The van der Waals surface area contributed by atoms with Gasteiger partial charge in [0.2, 0.25) is 5.91 Å². The number of carbonyl (C=O) groups is 2. The SMILES string of the molecule is O=C(O)N1CC[C@@H](C(=O)N2CCOc3cc(-c4ccccc4)ccc32)C1. The third kappa shape index (κ3) is 2.98. The van der Waals surface area contributed by atoms with Crippen molar-refractivity contribution in [1.29, 1.82) is 0 Å². The number of nitrogens with zero attached hydrogens (tertiary/aromatic N) is 2. The fourth-order valence-corrected chi connectivity index (χ4v) is 3.62. The summed E-state index contributed by atoms with van der Waals surface area (Å²) in [5.41, 5.74) is 2.89. The van der Waals surface area contributed by atoms with Crippen molar-refractivity contribution < 1.29 is 19.4 Å². The van der Waals surface area contributed by atoms with Gasteiger partial charge in [-0.25, -0.2) is 4.79 Å². The lowest BCUT2D eigenvalue weighted by atomic mass is 10.0. The van der Waals surface area contributed by atoms with Gasteiger partial charge in [0, 0.05) is 13.1 Å². The Hall–Kier alpha value is -3.02. The molecule has 0 spiro atoms. The molecular weight excluding hydrogens is 332 g/mol. The lowest BCUT2D eigenvalue weighted by molar-refractivity contribution is -0.122. The maximum absolute atomic E-state index is 12.9. The molecule has 2 aromatic carbocycles. The van der Waals surface area contributed by atoms with Crippen LogP contribution in [0.15, 0.2) is 48.5 Å². The van der Waals surface area contributed by atoms with Crippen LogP contribution in [0.4, 0.5) is 10.5 Å². The Kier molecular flexibility index (Phi) is 4.24. The maximum Gasteiger partial charge on any atom is 0.407 e. The van der Waals surface area contributed by atoms with Crippen LogP contribution in [0.5, 0.6) is 5.75 Å². The van der Waals surface area contributed by atoms with Crippen LogP contribution in [-0.2, 0) is 4.79 Å². The number of anilines is 1. The second-order valence-corrected chi connectivity index (χ2v) is 6.60. The first kappa shape index (κ1) is 16.4. The molecule has 0 bridgehead atoms. The Balaban J connectivity index is 1.58. The molecule has 2 heterocycles. The highest BCUT2D eigenvalue weighted by Crippen LogP contribution is 2.37. The number of hydrogen-bond donors (Lipinski definition) is 1. The highest BCUT2D eigenvalue weighted by molar-refractivity contribution is 5.97. The average molecular weight is 352 g/mol. The Labute approximate surface area is 151 Å². The first-order valence-corrected chi connectivity index (χ1v) is 8.75. The largest absolute Gasteiger partial charge is 0.490 e. The molecule has 0 unspecified atom stereocenters. The molecule has 2 amide bonds. The monoisotopic (exact) mass is 352 g/mol. The van der Waals surface area contributed by atoms with Gasteiger partial charge >= 0.3 is 6.09 Å². The predicted octanol–water partition coefficient (Wildman–Crippen LogP) is 3.08. The number of ether oxygens (including phenoxy) is 1. The minimum Gasteiger partial charge on any atom is -0.490 e. The molecule has 0 saturated carbocycles. The second-order valence-electron chi connectivity index (χ2n) is 6.60. The van der Waals surface area contributed by atoms with Crippen molar-refractivity contribution in [3.63, 3.8) is 0 Å². The molecule has 2 aliphatic rings. The van der Waals surface area contributed by atoms with E-state index < -0.39 is 6.09 Å². The van der Waals surface area contributed by atoms with E-state index in [0.717, 1.165) is 16.8 Å². The Bertz CT molecular complexity index is 837. The van der Waals surface area contributed by atoms with Crippen molar-refractivity contribution in [2.24, 2.45) is 5.92 Å². The van der Waals surface area contributed by atoms with Crippen molar-refractivity contribution in [2.75, 3.05) is 31.1 Å². The number of carbonyl (C=O) groups excluding carboxylic acids is 1. The highest BCUT2D eigenvalue weighted by Gasteiger charge is 2.35. The van der Waals surface area contributed by atoms with Gasteiger partial charge in [-0.15, -0.1) is 0 Å². The minimum absolute atomic E-state index is 0.0224. The van der Waals surface area contributed by atoms with E-state index in [9.17, 15) is 9.59 Å². The Morgan fingerprint density at radius 3 is 2.58 bits per heavy atom. The zero-order chi connectivity index (χ0) is 18.1. The number of likely N-dealkylation sites (tertiary alicyclic amines) is 1. The molecule has 26 heavy (non-hydrogen) atoms. The molecule has 0 radical (unpaired) electrons. The number of fused-ring (bicyclic) bond motifs is 1. The minimum atomic E-state index is -0.963. The summed E-state index contributed by atoms with van der Waals surface area (Å²) in [6.45, 7) is 1.60. The average Bonchev–Trinajstić information content (AvgIpc) is 3.18. The fourth-order valence-electron chi connectivity index (χ4n) is 3.62. The van der Waals surface area contributed by atoms with Crippen LogP contribution < -0.4 is 9.64 Å². The molecule has 2 aromatic rings. The number of hydrogen-bond acceptors (Lipinski definition) is 3. The molecular formula is C20H20N2O4. The van der Waals surface area contributed by atoms with E-state index in [4.69, 9.17) is 9.84 Å². The third-order valence-electron chi connectivity index (χ3n) is 5.00. The van der Waals surface area contributed by atoms with E-state index in [1.807, 2.05) is 48.5 Å². The Morgan fingerprint density at radius 2 is 1.85 bits per heavy atom. The summed E-state index contributed by atoms with van der Waals surface area (Å²) in [5.74, 6) is 0.385. The summed E-state index contributed by atoms with van der Waals surface area (Å²) >= 11 is 0.